The summed E-state index contributed by atoms with van der Waals surface area (Å²) < 4.78 is 3.39. The lowest BCUT2D eigenvalue weighted by Crippen LogP contribution is -1.97. The molecular formula is C14H14N8. The molecule has 4 aromatic rings. The molecule has 0 N–H and O–H groups in total. The minimum Gasteiger partial charge on any atom is -0.216 e. The maximum atomic E-state index is 4.45. The van der Waals surface area contributed by atoms with Crippen LogP contribution in [-0.2, 0) is 0 Å². The third kappa shape index (κ3) is 1.84. The fourth-order valence-electron chi connectivity index (χ4n) is 2.52. The molecule has 0 aliphatic carbocycles. The zero-order valence-electron chi connectivity index (χ0n) is 12.7. The summed E-state index contributed by atoms with van der Waals surface area (Å²) in [6, 6.07) is 3.91. The molecular weight excluding hydrogens is 280 g/mol. The highest BCUT2D eigenvalue weighted by atomic mass is 15.4. The maximum absolute atomic E-state index is 4.45. The van der Waals surface area contributed by atoms with Gasteiger partial charge in [-0.1, -0.05) is 0 Å². The number of nitrogens with zero attached hydrogens (tertiary/aromatic N) is 8. The zero-order valence-corrected chi connectivity index (χ0v) is 12.7. The Morgan fingerprint density at radius 3 is 1.45 bits per heavy atom. The topological polar surface area (TPSA) is 86.2 Å². The summed E-state index contributed by atoms with van der Waals surface area (Å²) >= 11 is 0. The fraction of sp³-hybridized carbons (Fsp3) is 0.286. The van der Waals surface area contributed by atoms with E-state index < -0.39 is 0 Å². The normalized spacial score (nSPS) is 11.6. The third-order valence-corrected chi connectivity index (χ3v) is 3.44. The lowest BCUT2D eigenvalue weighted by molar-refractivity contribution is 0.871. The summed E-state index contributed by atoms with van der Waals surface area (Å²) in [6.07, 6.45) is 0. The van der Waals surface area contributed by atoms with Gasteiger partial charge in [-0.05, 0) is 39.8 Å². The Hall–Kier alpha value is -2.90. The fourth-order valence-corrected chi connectivity index (χ4v) is 2.52. The summed E-state index contributed by atoms with van der Waals surface area (Å²) in [5.74, 6) is 1.99. The summed E-state index contributed by atoms with van der Waals surface area (Å²) in [5.41, 5.74) is 3.74. The van der Waals surface area contributed by atoms with E-state index in [1.165, 1.54) is 0 Å². The molecule has 0 atom stereocenters. The summed E-state index contributed by atoms with van der Waals surface area (Å²) in [7, 11) is 0. The van der Waals surface area contributed by atoms with Crippen molar-refractivity contribution in [1.82, 2.24) is 39.2 Å². The predicted octanol–water partition coefficient (Wildman–Crippen LogP) is 1.46. The highest BCUT2D eigenvalue weighted by Gasteiger charge is 2.15. The number of fused-ring (bicyclic) bond motifs is 2. The Kier molecular flexibility index (Phi) is 2.50. The van der Waals surface area contributed by atoms with E-state index in [-0.39, 0.29) is 0 Å². The van der Waals surface area contributed by atoms with E-state index in [9.17, 15) is 0 Å². The molecule has 0 aromatic carbocycles. The standard InChI is InChI=1S/C14H14N8/c1-7-5-9(3)21-13(15-7)17-11(19-21)12-18-14-16-8(2)6-10(4)22(14)20-12/h5-6H,1-4H3. The molecule has 4 heterocycles. The molecule has 110 valence electrons. The highest BCUT2D eigenvalue weighted by molar-refractivity contribution is 5.51. The van der Waals surface area contributed by atoms with Gasteiger partial charge in [-0.25, -0.2) is 19.0 Å². The van der Waals surface area contributed by atoms with Crippen LogP contribution in [0.15, 0.2) is 12.1 Å². The van der Waals surface area contributed by atoms with Crippen molar-refractivity contribution in [2.75, 3.05) is 0 Å². The van der Waals surface area contributed by atoms with E-state index in [1.54, 1.807) is 9.03 Å². The first-order chi connectivity index (χ1) is 10.5. The number of aryl methyl sites for hydroxylation is 4. The minimum atomic E-state index is 0.448. The van der Waals surface area contributed by atoms with Gasteiger partial charge < -0.3 is 0 Å². The first kappa shape index (κ1) is 12.8. The summed E-state index contributed by atoms with van der Waals surface area (Å²) in [5, 5.41) is 8.90. The molecule has 0 aliphatic rings. The number of hydrogen-bond acceptors (Lipinski definition) is 6. The van der Waals surface area contributed by atoms with E-state index >= 15 is 0 Å². The Morgan fingerprint density at radius 1 is 0.636 bits per heavy atom. The van der Waals surface area contributed by atoms with E-state index in [1.807, 2.05) is 39.8 Å². The van der Waals surface area contributed by atoms with Gasteiger partial charge in [0.15, 0.2) is 0 Å². The van der Waals surface area contributed by atoms with E-state index in [4.69, 9.17) is 0 Å². The lowest BCUT2D eigenvalue weighted by Gasteiger charge is -1.97. The smallest absolute Gasteiger partial charge is 0.216 e. The van der Waals surface area contributed by atoms with Crippen LogP contribution >= 0.6 is 0 Å². The molecule has 0 spiro atoms. The molecule has 8 nitrogen and oxygen atoms in total. The quantitative estimate of drug-likeness (QED) is 0.528. The summed E-state index contributed by atoms with van der Waals surface area (Å²) in [4.78, 5) is 17.6. The molecule has 0 amide bonds. The van der Waals surface area contributed by atoms with Crippen molar-refractivity contribution in [2.24, 2.45) is 0 Å². The van der Waals surface area contributed by atoms with Gasteiger partial charge in [0.1, 0.15) is 0 Å². The van der Waals surface area contributed by atoms with Gasteiger partial charge in [0.05, 0.1) is 0 Å². The van der Waals surface area contributed by atoms with Gasteiger partial charge in [0.2, 0.25) is 11.6 Å². The van der Waals surface area contributed by atoms with Crippen LogP contribution in [0.1, 0.15) is 22.8 Å². The van der Waals surface area contributed by atoms with Gasteiger partial charge in [0, 0.05) is 22.8 Å². The molecule has 8 heteroatoms. The maximum Gasteiger partial charge on any atom is 0.253 e. The van der Waals surface area contributed by atoms with Crippen molar-refractivity contribution in [3.05, 3.63) is 34.9 Å². The van der Waals surface area contributed by atoms with Crippen molar-refractivity contribution in [3.8, 4) is 11.6 Å². The molecule has 22 heavy (non-hydrogen) atoms. The van der Waals surface area contributed by atoms with Crippen LogP contribution in [0.25, 0.3) is 23.2 Å². The average Bonchev–Trinajstić information content (AvgIpc) is 3.01. The zero-order chi connectivity index (χ0) is 15.4. The second-order valence-electron chi connectivity index (χ2n) is 5.37. The molecule has 0 unspecified atom stereocenters. The number of hydrogen-bond donors (Lipinski definition) is 0. The van der Waals surface area contributed by atoms with E-state index in [0.717, 1.165) is 22.8 Å². The van der Waals surface area contributed by atoms with E-state index in [0.29, 0.717) is 23.2 Å². The minimum absolute atomic E-state index is 0.448. The summed E-state index contributed by atoms with van der Waals surface area (Å²) in [6.45, 7) is 7.79. The van der Waals surface area contributed by atoms with Gasteiger partial charge in [0.25, 0.3) is 11.6 Å². The van der Waals surface area contributed by atoms with Gasteiger partial charge in [-0.3, -0.25) is 0 Å². The van der Waals surface area contributed by atoms with Crippen molar-refractivity contribution in [1.29, 1.82) is 0 Å². The van der Waals surface area contributed by atoms with Crippen molar-refractivity contribution in [2.45, 2.75) is 27.7 Å². The number of rotatable bonds is 1. The first-order valence-electron chi connectivity index (χ1n) is 6.94. The van der Waals surface area contributed by atoms with Crippen LogP contribution in [0.4, 0.5) is 0 Å². The predicted molar refractivity (Wildman–Crippen MR) is 79.5 cm³/mol. The van der Waals surface area contributed by atoms with Crippen LogP contribution in [0.5, 0.6) is 0 Å². The molecule has 4 rings (SSSR count). The molecule has 0 fully saturated rings. The van der Waals surface area contributed by atoms with Crippen LogP contribution in [-0.4, -0.2) is 39.2 Å². The van der Waals surface area contributed by atoms with Crippen LogP contribution in [0, 0.1) is 27.7 Å². The first-order valence-corrected chi connectivity index (χ1v) is 6.94. The number of aromatic nitrogens is 8. The van der Waals surface area contributed by atoms with Crippen LogP contribution < -0.4 is 0 Å². The molecule has 0 saturated carbocycles. The van der Waals surface area contributed by atoms with Gasteiger partial charge in [-0.15, -0.1) is 10.2 Å². The Labute approximate surface area is 125 Å². The largest absolute Gasteiger partial charge is 0.253 e. The van der Waals surface area contributed by atoms with Crippen LogP contribution in [0.2, 0.25) is 0 Å². The molecule has 0 saturated heterocycles. The third-order valence-electron chi connectivity index (χ3n) is 3.44. The van der Waals surface area contributed by atoms with Gasteiger partial charge >= 0.3 is 0 Å². The van der Waals surface area contributed by atoms with Crippen molar-refractivity contribution >= 4 is 11.6 Å². The molecule has 0 bridgehead atoms. The lowest BCUT2D eigenvalue weighted by atomic mass is 10.4. The average molecular weight is 294 g/mol. The van der Waals surface area contributed by atoms with Crippen molar-refractivity contribution in [3.63, 3.8) is 0 Å². The molecule has 4 aromatic heterocycles. The second-order valence-corrected chi connectivity index (χ2v) is 5.37. The SMILES string of the molecule is Cc1cc(C)n2nc(-c3nc4nc(C)cc(C)n4n3)nc2n1. The molecule has 0 radical (unpaired) electrons. The van der Waals surface area contributed by atoms with Gasteiger partial charge in [-0.2, -0.15) is 9.97 Å². The van der Waals surface area contributed by atoms with Crippen molar-refractivity contribution < 1.29 is 0 Å². The highest BCUT2D eigenvalue weighted by Crippen LogP contribution is 2.15. The van der Waals surface area contributed by atoms with E-state index in [2.05, 4.69) is 30.1 Å². The monoisotopic (exact) mass is 294 g/mol. The van der Waals surface area contributed by atoms with Crippen LogP contribution in [0.3, 0.4) is 0 Å². The Morgan fingerprint density at radius 2 is 1.05 bits per heavy atom. The second kappa shape index (κ2) is 4.30. The molecule has 0 aliphatic heterocycles. The Balaban J connectivity index is 1.95. The Bertz CT molecular complexity index is 942.